The highest BCUT2D eigenvalue weighted by Gasteiger charge is 2.16. The Hall–Kier alpha value is -3.21. The first kappa shape index (κ1) is 19.1. The van der Waals surface area contributed by atoms with Crippen molar-refractivity contribution in [3.8, 4) is 6.07 Å². The number of anilines is 2. The Balaban J connectivity index is 2.06. The van der Waals surface area contributed by atoms with E-state index in [0.29, 0.717) is 5.69 Å². The van der Waals surface area contributed by atoms with Gasteiger partial charge in [0.1, 0.15) is 23.3 Å². The molecule has 0 aliphatic heterocycles. The van der Waals surface area contributed by atoms with Gasteiger partial charge in [-0.25, -0.2) is 13.6 Å². The lowest BCUT2D eigenvalue weighted by atomic mass is 10.2. The Morgan fingerprint density at radius 1 is 1.31 bits per heavy atom. The van der Waals surface area contributed by atoms with Crippen LogP contribution in [0, 0.1) is 23.0 Å². The van der Waals surface area contributed by atoms with E-state index < -0.39 is 23.3 Å². The lowest BCUT2D eigenvalue weighted by Gasteiger charge is -2.19. The van der Waals surface area contributed by atoms with Gasteiger partial charge in [-0.15, -0.1) is 0 Å². The summed E-state index contributed by atoms with van der Waals surface area (Å²) in [6.45, 7) is 5.02. The van der Waals surface area contributed by atoms with E-state index in [4.69, 9.17) is 10.00 Å². The molecule has 1 aromatic carbocycles. The molecule has 0 saturated heterocycles. The number of hydrogen-bond donors (Lipinski definition) is 2. The molecular weight excluding hydrogens is 342 g/mol. The average molecular weight is 360 g/mol. The predicted molar refractivity (Wildman–Crippen MR) is 91.7 cm³/mol. The number of amides is 1. The minimum Gasteiger partial charge on any atom is -0.444 e. The SMILES string of the molecule is CC(C)(C)OC(=O)NCc1ncc(Nc2ccc(F)cc2C#N)cc1F. The second-order valence-electron chi connectivity index (χ2n) is 6.43. The van der Waals surface area contributed by atoms with Gasteiger partial charge < -0.3 is 15.4 Å². The fourth-order valence-electron chi connectivity index (χ4n) is 2.01. The van der Waals surface area contributed by atoms with Gasteiger partial charge >= 0.3 is 6.09 Å². The molecule has 0 aliphatic rings. The lowest BCUT2D eigenvalue weighted by Crippen LogP contribution is -2.32. The quantitative estimate of drug-likeness (QED) is 0.860. The van der Waals surface area contributed by atoms with Crippen molar-refractivity contribution in [2.24, 2.45) is 0 Å². The van der Waals surface area contributed by atoms with Crippen molar-refractivity contribution in [3.63, 3.8) is 0 Å². The van der Waals surface area contributed by atoms with Crippen molar-refractivity contribution < 1.29 is 18.3 Å². The molecule has 1 amide bonds. The van der Waals surface area contributed by atoms with Gasteiger partial charge in [0, 0.05) is 6.07 Å². The van der Waals surface area contributed by atoms with Crippen LogP contribution in [0.25, 0.3) is 0 Å². The van der Waals surface area contributed by atoms with Crippen molar-refractivity contribution >= 4 is 17.5 Å². The molecule has 0 aliphatic carbocycles. The number of ether oxygens (including phenoxy) is 1. The van der Waals surface area contributed by atoms with Crippen molar-refractivity contribution in [3.05, 3.63) is 53.4 Å². The largest absolute Gasteiger partial charge is 0.444 e. The van der Waals surface area contributed by atoms with Gasteiger partial charge in [0.25, 0.3) is 0 Å². The fourth-order valence-corrected chi connectivity index (χ4v) is 2.01. The van der Waals surface area contributed by atoms with Crippen LogP contribution in [0.2, 0.25) is 0 Å². The molecule has 0 fully saturated rings. The number of nitrogens with zero attached hydrogens (tertiary/aromatic N) is 2. The van der Waals surface area contributed by atoms with Crippen LogP contribution in [0.3, 0.4) is 0 Å². The zero-order valence-electron chi connectivity index (χ0n) is 14.6. The van der Waals surface area contributed by atoms with Gasteiger partial charge in [0.15, 0.2) is 0 Å². The van der Waals surface area contributed by atoms with Crippen molar-refractivity contribution in [1.82, 2.24) is 10.3 Å². The molecule has 0 radical (unpaired) electrons. The van der Waals surface area contributed by atoms with E-state index in [0.717, 1.165) is 6.07 Å². The Labute approximate surface area is 149 Å². The summed E-state index contributed by atoms with van der Waals surface area (Å²) in [7, 11) is 0. The first-order valence-electron chi connectivity index (χ1n) is 7.76. The number of carbonyl (C=O) groups excluding carboxylic acids is 1. The number of aromatic nitrogens is 1. The zero-order chi connectivity index (χ0) is 19.3. The molecule has 0 unspecified atom stereocenters. The Kier molecular flexibility index (Phi) is 5.72. The van der Waals surface area contributed by atoms with Gasteiger partial charge in [-0.05, 0) is 39.0 Å². The predicted octanol–water partition coefficient (Wildman–Crippen LogP) is 4.00. The van der Waals surface area contributed by atoms with Gasteiger partial charge in [0.05, 0.1) is 35.4 Å². The molecule has 1 aromatic heterocycles. The van der Waals surface area contributed by atoms with E-state index in [2.05, 4.69) is 15.6 Å². The van der Waals surface area contributed by atoms with E-state index in [1.807, 2.05) is 6.07 Å². The maximum Gasteiger partial charge on any atom is 0.407 e. The molecule has 2 rings (SSSR count). The van der Waals surface area contributed by atoms with Gasteiger partial charge in [-0.1, -0.05) is 0 Å². The van der Waals surface area contributed by atoms with Crippen molar-refractivity contribution in [2.45, 2.75) is 32.9 Å². The molecule has 2 aromatic rings. The van der Waals surface area contributed by atoms with Crippen LogP contribution in [0.1, 0.15) is 32.0 Å². The highest BCUT2D eigenvalue weighted by molar-refractivity contribution is 5.68. The molecule has 0 atom stereocenters. The van der Waals surface area contributed by atoms with Crippen LogP contribution in [0.15, 0.2) is 30.5 Å². The number of pyridine rings is 1. The smallest absolute Gasteiger partial charge is 0.407 e. The standard InChI is InChI=1S/C18H18F2N4O2/c1-18(2,3)26-17(25)23-10-16-14(20)7-13(9-22-16)24-15-5-4-12(19)6-11(15)8-21/h4-7,9,24H,10H2,1-3H3,(H,23,25). The minimum absolute atomic E-state index is 0.0287. The number of carbonyl (C=O) groups is 1. The zero-order valence-corrected chi connectivity index (χ0v) is 14.6. The van der Waals surface area contributed by atoms with Gasteiger partial charge in [-0.2, -0.15) is 5.26 Å². The van der Waals surface area contributed by atoms with E-state index >= 15 is 0 Å². The van der Waals surface area contributed by atoms with Gasteiger partial charge in [-0.3, -0.25) is 4.98 Å². The first-order valence-corrected chi connectivity index (χ1v) is 7.76. The summed E-state index contributed by atoms with van der Waals surface area (Å²) in [5.41, 5.74) is 0.0701. The Morgan fingerprint density at radius 2 is 2.04 bits per heavy atom. The Morgan fingerprint density at radius 3 is 2.65 bits per heavy atom. The van der Waals surface area contributed by atoms with Gasteiger partial charge in [0.2, 0.25) is 0 Å². The summed E-state index contributed by atoms with van der Waals surface area (Å²) < 4.78 is 32.4. The number of halogens is 2. The van der Waals surface area contributed by atoms with Crippen molar-refractivity contribution in [1.29, 1.82) is 5.26 Å². The summed E-state index contributed by atoms with van der Waals surface area (Å²) in [6, 6.07) is 6.67. The number of nitrogens with one attached hydrogen (secondary N) is 2. The van der Waals surface area contributed by atoms with Crippen LogP contribution in [-0.4, -0.2) is 16.7 Å². The number of nitriles is 1. The summed E-state index contributed by atoms with van der Waals surface area (Å²) in [4.78, 5) is 15.5. The number of hydrogen-bond acceptors (Lipinski definition) is 5. The second-order valence-corrected chi connectivity index (χ2v) is 6.43. The van der Waals surface area contributed by atoms with Crippen molar-refractivity contribution in [2.75, 3.05) is 5.32 Å². The van der Waals surface area contributed by atoms with E-state index in [9.17, 15) is 13.6 Å². The van der Waals surface area contributed by atoms with E-state index in [1.54, 1.807) is 20.8 Å². The summed E-state index contributed by atoms with van der Waals surface area (Å²) in [5.74, 6) is -1.19. The Bertz CT molecular complexity index is 857. The molecule has 8 heteroatoms. The maximum absolute atomic E-state index is 14.2. The number of benzene rings is 1. The summed E-state index contributed by atoms with van der Waals surface area (Å²) in [5, 5.41) is 14.3. The van der Waals surface area contributed by atoms with Crippen LogP contribution in [0.5, 0.6) is 0 Å². The minimum atomic E-state index is -0.675. The van der Waals surface area contributed by atoms with Crippen LogP contribution in [-0.2, 0) is 11.3 Å². The van der Waals surface area contributed by atoms with E-state index in [-0.39, 0.29) is 23.5 Å². The number of rotatable bonds is 4. The van der Waals surface area contributed by atoms with E-state index in [1.165, 1.54) is 24.4 Å². The van der Waals surface area contributed by atoms with Crippen LogP contribution in [0.4, 0.5) is 25.0 Å². The molecule has 0 bridgehead atoms. The molecule has 1 heterocycles. The first-order chi connectivity index (χ1) is 12.2. The summed E-state index contributed by atoms with van der Waals surface area (Å²) in [6.07, 6.45) is 0.672. The monoisotopic (exact) mass is 360 g/mol. The highest BCUT2D eigenvalue weighted by Crippen LogP contribution is 2.22. The molecule has 136 valence electrons. The third-order valence-electron chi connectivity index (χ3n) is 3.10. The average Bonchev–Trinajstić information content (AvgIpc) is 2.54. The molecule has 0 saturated carbocycles. The third kappa shape index (κ3) is 5.41. The molecule has 2 N–H and O–H groups in total. The second kappa shape index (κ2) is 7.78. The third-order valence-corrected chi connectivity index (χ3v) is 3.10. The molecular formula is C18H18F2N4O2. The lowest BCUT2D eigenvalue weighted by molar-refractivity contribution is 0.0522. The normalized spacial score (nSPS) is 10.8. The highest BCUT2D eigenvalue weighted by atomic mass is 19.1. The fraction of sp³-hybridized carbons (Fsp3) is 0.278. The van der Waals surface area contributed by atoms with Crippen LogP contribution >= 0.6 is 0 Å². The van der Waals surface area contributed by atoms with Crippen LogP contribution < -0.4 is 10.6 Å². The topological polar surface area (TPSA) is 87.0 Å². The molecule has 26 heavy (non-hydrogen) atoms. The maximum atomic E-state index is 14.2. The number of alkyl carbamates (subject to hydrolysis) is 1. The molecule has 6 nitrogen and oxygen atoms in total. The summed E-state index contributed by atoms with van der Waals surface area (Å²) >= 11 is 0. The molecule has 0 spiro atoms.